The van der Waals surface area contributed by atoms with Gasteiger partial charge in [0, 0.05) is 16.1 Å². The molecule has 2 aromatic carbocycles. The summed E-state index contributed by atoms with van der Waals surface area (Å²) in [7, 11) is 3.15. The maximum Gasteiger partial charge on any atom is 0.175 e. The number of methoxy groups -OCH3 is 2. The Bertz CT molecular complexity index is 738. The predicted octanol–water partition coefficient (Wildman–Crippen LogP) is 5.13. The van der Waals surface area contributed by atoms with E-state index in [2.05, 4.69) is 10.6 Å². The fraction of sp³-hybridized carbons (Fsp3) is 0.188. The Morgan fingerprint density at radius 2 is 1.57 bits per heavy atom. The van der Waals surface area contributed by atoms with Gasteiger partial charge in [-0.25, -0.2) is 0 Å². The highest BCUT2D eigenvalue weighted by Gasteiger charge is 2.10. The highest BCUT2D eigenvalue weighted by Crippen LogP contribution is 2.32. The third-order valence-electron chi connectivity index (χ3n) is 3.14. The maximum atomic E-state index is 6.10. The summed E-state index contributed by atoms with van der Waals surface area (Å²) in [6.45, 7) is 1.91. The lowest BCUT2D eigenvalue weighted by atomic mass is 10.2. The van der Waals surface area contributed by atoms with Gasteiger partial charge in [-0.15, -0.1) is 0 Å². The van der Waals surface area contributed by atoms with Crippen LogP contribution in [0, 0.1) is 6.92 Å². The minimum Gasteiger partial charge on any atom is -0.495 e. The molecular weight excluding hydrogens is 355 g/mol. The topological polar surface area (TPSA) is 42.5 Å². The van der Waals surface area contributed by atoms with Crippen molar-refractivity contribution < 1.29 is 9.47 Å². The van der Waals surface area contributed by atoms with Crippen molar-refractivity contribution in [2.45, 2.75) is 6.92 Å². The van der Waals surface area contributed by atoms with Crippen LogP contribution in [0.3, 0.4) is 0 Å². The van der Waals surface area contributed by atoms with Crippen LogP contribution in [0.15, 0.2) is 30.3 Å². The molecule has 0 bridgehead atoms. The Balaban J connectivity index is 2.20. The summed E-state index contributed by atoms with van der Waals surface area (Å²) >= 11 is 17.5. The Morgan fingerprint density at radius 1 is 0.957 bits per heavy atom. The molecule has 0 aliphatic rings. The highest BCUT2D eigenvalue weighted by molar-refractivity contribution is 7.80. The Labute approximate surface area is 150 Å². The van der Waals surface area contributed by atoms with Crippen LogP contribution in [0.1, 0.15) is 5.56 Å². The summed E-state index contributed by atoms with van der Waals surface area (Å²) in [5.41, 5.74) is 2.30. The fourth-order valence-electron chi connectivity index (χ4n) is 1.98. The second-order valence-electron chi connectivity index (χ2n) is 4.73. The molecule has 0 fully saturated rings. The number of hydrogen-bond acceptors (Lipinski definition) is 3. The molecule has 2 N–H and O–H groups in total. The van der Waals surface area contributed by atoms with E-state index in [-0.39, 0.29) is 0 Å². The van der Waals surface area contributed by atoms with Crippen LogP contribution >= 0.6 is 35.4 Å². The van der Waals surface area contributed by atoms with Gasteiger partial charge in [0.05, 0.1) is 25.6 Å². The second kappa shape index (κ2) is 7.73. The number of anilines is 2. The van der Waals surface area contributed by atoms with Crippen molar-refractivity contribution in [3.63, 3.8) is 0 Å². The molecule has 122 valence electrons. The summed E-state index contributed by atoms with van der Waals surface area (Å²) < 4.78 is 10.6. The number of hydrogen-bond donors (Lipinski definition) is 2. The normalized spacial score (nSPS) is 10.1. The molecule has 0 saturated heterocycles. The number of aryl methyl sites for hydroxylation is 1. The van der Waals surface area contributed by atoms with Gasteiger partial charge in [0.2, 0.25) is 0 Å². The van der Waals surface area contributed by atoms with Gasteiger partial charge in [-0.05, 0) is 49.0 Å². The van der Waals surface area contributed by atoms with E-state index in [1.54, 1.807) is 38.5 Å². The zero-order chi connectivity index (χ0) is 17.0. The Hall–Kier alpha value is -1.69. The maximum absolute atomic E-state index is 6.10. The molecule has 0 saturated carbocycles. The lowest BCUT2D eigenvalue weighted by molar-refractivity contribution is 0.416. The van der Waals surface area contributed by atoms with Crippen LogP contribution in [0.4, 0.5) is 11.4 Å². The summed E-state index contributed by atoms with van der Waals surface area (Å²) in [6.07, 6.45) is 0. The predicted molar refractivity (Wildman–Crippen MR) is 101 cm³/mol. The van der Waals surface area contributed by atoms with Gasteiger partial charge in [0.15, 0.2) is 5.11 Å². The molecule has 0 spiro atoms. The number of thiocarbonyl (C=S) groups is 1. The third kappa shape index (κ3) is 4.41. The van der Waals surface area contributed by atoms with Crippen LogP contribution < -0.4 is 20.1 Å². The minimum absolute atomic E-state index is 0.380. The first kappa shape index (κ1) is 17.7. The standard InChI is InChI=1S/C16H16Cl2N2O2S/c1-9-6-12(15(22-3)8-11(9)18)19-16(23)20-13-7-10(17)4-5-14(13)21-2/h4-8H,1-3H3,(H2,19,20,23). The highest BCUT2D eigenvalue weighted by atomic mass is 35.5. The minimum atomic E-state index is 0.380. The van der Waals surface area contributed by atoms with Gasteiger partial charge in [0.1, 0.15) is 11.5 Å². The van der Waals surface area contributed by atoms with Crippen molar-refractivity contribution in [2.75, 3.05) is 24.9 Å². The molecule has 0 amide bonds. The molecule has 0 aliphatic carbocycles. The number of benzene rings is 2. The van der Waals surface area contributed by atoms with Gasteiger partial charge >= 0.3 is 0 Å². The lowest BCUT2D eigenvalue weighted by Gasteiger charge is -2.16. The molecule has 7 heteroatoms. The molecular formula is C16H16Cl2N2O2S. The van der Waals surface area contributed by atoms with Crippen LogP contribution in [0.2, 0.25) is 10.0 Å². The molecule has 0 aromatic heterocycles. The van der Waals surface area contributed by atoms with Crippen LogP contribution in [0.25, 0.3) is 0 Å². The average Bonchev–Trinajstić information content (AvgIpc) is 2.50. The van der Waals surface area contributed by atoms with Crippen molar-refractivity contribution in [1.82, 2.24) is 0 Å². The SMILES string of the molecule is COc1ccc(Cl)cc1NC(=S)Nc1cc(C)c(Cl)cc1OC. The quantitative estimate of drug-likeness (QED) is 0.730. The van der Waals surface area contributed by atoms with E-state index in [1.807, 2.05) is 13.0 Å². The van der Waals surface area contributed by atoms with Crippen molar-refractivity contribution in [3.05, 3.63) is 45.9 Å². The van der Waals surface area contributed by atoms with E-state index >= 15 is 0 Å². The fourth-order valence-corrected chi connectivity index (χ4v) is 2.53. The monoisotopic (exact) mass is 370 g/mol. The largest absolute Gasteiger partial charge is 0.495 e. The van der Waals surface area contributed by atoms with E-state index in [4.69, 9.17) is 44.9 Å². The number of nitrogens with one attached hydrogen (secondary N) is 2. The molecule has 0 heterocycles. The zero-order valence-corrected chi connectivity index (χ0v) is 15.2. The molecule has 23 heavy (non-hydrogen) atoms. The molecule has 2 rings (SSSR count). The Kier molecular flexibility index (Phi) is 5.93. The van der Waals surface area contributed by atoms with E-state index in [0.717, 1.165) is 5.56 Å². The molecule has 2 aromatic rings. The van der Waals surface area contributed by atoms with Gasteiger partial charge < -0.3 is 20.1 Å². The van der Waals surface area contributed by atoms with E-state index in [0.29, 0.717) is 38.0 Å². The second-order valence-corrected chi connectivity index (χ2v) is 5.98. The van der Waals surface area contributed by atoms with Gasteiger partial charge in [-0.1, -0.05) is 23.2 Å². The zero-order valence-electron chi connectivity index (χ0n) is 12.9. The van der Waals surface area contributed by atoms with Crippen molar-refractivity contribution >= 4 is 51.9 Å². The van der Waals surface area contributed by atoms with Gasteiger partial charge in [-0.2, -0.15) is 0 Å². The molecule has 0 atom stereocenters. The van der Waals surface area contributed by atoms with Crippen LogP contribution in [0.5, 0.6) is 11.5 Å². The molecule has 0 radical (unpaired) electrons. The van der Waals surface area contributed by atoms with E-state index in [1.165, 1.54) is 0 Å². The molecule has 4 nitrogen and oxygen atoms in total. The average molecular weight is 371 g/mol. The molecule has 0 unspecified atom stereocenters. The first-order valence-corrected chi connectivity index (χ1v) is 7.86. The van der Waals surface area contributed by atoms with Gasteiger partial charge in [0.25, 0.3) is 0 Å². The number of ether oxygens (including phenoxy) is 2. The summed E-state index contributed by atoms with van der Waals surface area (Å²) in [6, 6.07) is 8.85. The van der Waals surface area contributed by atoms with Crippen LogP contribution in [-0.4, -0.2) is 19.3 Å². The van der Waals surface area contributed by atoms with E-state index < -0.39 is 0 Å². The number of rotatable bonds is 4. The first-order valence-electron chi connectivity index (χ1n) is 6.70. The van der Waals surface area contributed by atoms with E-state index in [9.17, 15) is 0 Å². The van der Waals surface area contributed by atoms with Crippen molar-refractivity contribution in [1.29, 1.82) is 0 Å². The molecule has 0 aliphatic heterocycles. The summed E-state index contributed by atoms with van der Waals surface area (Å²) in [4.78, 5) is 0. The summed E-state index contributed by atoms with van der Waals surface area (Å²) in [5, 5.41) is 7.73. The van der Waals surface area contributed by atoms with Crippen molar-refractivity contribution in [3.8, 4) is 11.5 Å². The van der Waals surface area contributed by atoms with Crippen LogP contribution in [-0.2, 0) is 0 Å². The number of halogens is 2. The lowest BCUT2D eigenvalue weighted by Crippen LogP contribution is -2.20. The Morgan fingerprint density at radius 3 is 2.17 bits per heavy atom. The van der Waals surface area contributed by atoms with Gasteiger partial charge in [-0.3, -0.25) is 0 Å². The third-order valence-corrected chi connectivity index (χ3v) is 3.99. The van der Waals surface area contributed by atoms with Crippen molar-refractivity contribution in [2.24, 2.45) is 0 Å². The summed E-state index contributed by atoms with van der Waals surface area (Å²) in [5.74, 6) is 1.24. The smallest absolute Gasteiger partial charge is 0.175 e. The first-order chi connectivity index (χ1) is 10.9.